The molecule has 1 saturated heterocycles. The van der Waals surface area contributed by atoms with Gasteiger partial charge in [-0.2, -0.15) is 0 Å². The summed E-state index contributed by atoms with van der Waals surface area (Å²) in [5.74, 6) is -0.200. The summed E-state index contributed by atoms with van der Waals surface area (Å²) >= 11 is 0. The molecule has 1 aromatic heterocycles. The molecule has 2 aromatic carbocycles. The van der Waals surface area contributed by atoms with Gasteiger partial charge >= 0.3 is 11.8 Å². The van der Waals surface area contributed by atoms with E-state index >= 15 is 0 Å². The number of hydrogen-bond acceptors (Lipinski definition) is 7. The lowest BCUT2D eigenvalue weighted by molar-refractivity contribution is -0.136. The predicted molar refractivity (Wildman–Crippen MR) is 133 cm³/mol. The van der Waals surface area contributed by atoms with Crippen molar-refractivity contribution in [2.45, 2.75) is 6.04 Å². The second-order valence-corrected chi connectivity index (χ2v) is 8.26. The number of halogens is 1. The Bertz CT molecular complexity index is 1160. The molecule has 2 N–H and O–H groups in total. The fourth-order valence-electron chi connectivity index (χ4n) is 4.18. The molecule has 190 valence electrons. The Morgan fingerprint density at radius 2 is 1.75 bits per heavy atom. The van der Waals surface area contributed by atoms with Gasteiger partial charge in [-0.15, -0.1) is 0 Å². The summed E-state index contributed by atoms with van der Waals surface area (Å²) in [5, 5.41) is 5.30. The zero-order valence-corrected chi connectivity index (χ0v) is 20.2. The van der Waals surface area contributed by atoms with Gasteiger partial charge in [-0.3, -0.25) is 14.5 Å². The van der Waals surface area contributed by atoms with Crippen LogP contribution in [0.5, 0.6) is 11.5 Å². The minimum atomic E-state index is -0.808. The lowest BCUT2D eigenvalue weighted by Crippen LogP contribution is -2.50. The summed E-state index contributed by atoms with van der Waals surface area (Å²) in [5.41, 5.74) is 1.32. The van der Waals surface area contributed by atoms with Crippen molar-refractivity contribution in [1.29, 1.82) is 0 Å². The molecule has 1 atom stereocenters. The van der Waals surface area contributed by atoms with E-state index in [4.69, 9.17) is 13.9 Å². The van der Waals surface area contributed by atoms with Gasteiger partial charge in [-0.25, -0.2) is 4.39 Å². The van der Waals surface area contributed by atoms with Gasteiger partial charge in [-0.1, -0.05) is 0 Å². The topological polar surface area (TPSA) is 96.3 Å². The van der Waals surface area contributed by atoms with Gasteiger partial charge in [0, 0.05) is 44.5 Å². The number of carbonyl (C=O) groups excluding carboxylic acids is 2. The monoisotopic (exact) mass is 496 g/mol. The van der Waals surface area contributed by atoms with E-state index in [1.165, 1.54) is 26.4 Å². The molecular weight excluding hydrogens is 467 g/mol. The average Bonchev–Trinajstić information content (AvgIpc) is 3.44. The third-order valence-corrected chi connectivity index (χ3v) is 6.14. The molecule has 1 fully saturated rings. The van der Waals surface area contributed by atoms with Crippen LogP contribution in [-0.2, 0) is 9.59 Å². The molecule has 2 heterocycles. The average molecular weight is 497 g/mol. The Morgan fingerprint density at radius 3 is 2.39 bits per heavy atom. The first-order valence-corrected chi connectivity index (χ1v) is 11.6. The van der Waals surface area contributed by atoms with Crippen molar-refractivity contribution < 1.29 is 27.9 Å². The number of ether oxygens (including phenoxy) is 2. The van der Waals surface area contributed by atoms with Crippen LogP contribution in [0.2, 0.25) is 0 Å². The minimum Gasteiger partial charge on any atom is -0.497 e. The fraction of sp³-hybridized carbons (Fsp3) is 0.308. The largest absolute Gasteiger partial charge is 0.497 e. The Balaban J connectivity index is 1.36. The van der Waals surface area contributed by atoms with Gasteiger partial charge in [0.1, 0.15) is 23.1 Å². The molecule has 0 radical (unpaired) electrons. The summed E-state index contributed by atoms with van der Waals surface area (Å²) in [4.78, 5) is 29.6. The van der Waals surface area contributed by atoms with Crippen molar-refractivity contribution in [2.24, 2.45) is 0 Å². The Kier molecular flexibility index (Phi) is 8.06. The van der Waals surface area contributed by atoms with Gasteiger partial charge in [0.2, 0.25) is 0 Å². The molecule has 4 rings (SSSR count). The molecule has 1 unspecified atom stereocenters. The van der Waals surface area contributed by atoms with Gasteiger partial charge < -0.3 is 29.4 Å². The van der Waals surface area contributed by atoms with E-state index in [0.717, 1.165) is 18.8 Å². The highest BCUT2D eigenvalue weighted by Crippen LogP contribution is 2.29. The molecule has 3 aromatic rings. The number of rotatable bonds is 8. The van der Waals surface area contributed by atoms with Gasteiger partial charge in [-0.05, 0) is 48.5 Å². The van der Waals surface area contributed by atoms with Gasteiger partial charge in [0.25, 0.3) is 0 Å². The maximum atomic E-state index is 13.3. The quantitative estimate of drug-likeness (QED) is 0.463. The van der Waals surface area contributed by atoms with Crippen molar-refractivity contribution in [3.8, 4) is 11.5 Å². The predicted octanol–water partition coefficient (Wildman–Crippen LogP) is 3.05. The van der Waals surface area contributed by atoms with Crippen LogP contribution in [0.15, 0.2) is 65.3 Å². The Morgan fingerprint density at radius 1 is 1.00 bits per heavy atom. The summed E-state index contributed by atoms with van der Waals surface area (Å²) in [6.07, 6.45) is 1.58. The number of anilines is 2. The first kappa shape index (κ1) is 25.1. The first-order valence-electron chi connectivity index (χ1n) is 11.6. The molecule has 0 spiro atoms. The van der Waals surface area contributed by atoms with Gasteiger partial charge in [0.05, 0.1) is 32.2 Å². The zero-order chi connectivity index (χ0) is 25.5. The van der Waals surface area contributed by atoms with E-state index in [9.17, 15) is 14.0 Å². The standard InChI is InChI=1S/C26H29FN4O5/c1-34-20-9-10-21(24(16-20)35-2)29-26(33)25(32)28-17-22(23-4-3-15-36-23)31-13-11-30(12-14-31)19-7-5-18(27)6-8-19/h3-10,15-16,22H,11-14,17H2,1-2H3,(H,28,32)(H,29,33). The normalized spacial score (nSPS) is 14.7. The van der Waals surface area contributed by atoms with Crippen LogP contribution in [0.3, 0.4) is 0 Å². The second-order valence-electron chi connectivity index (χ2n) is 8.26. The van der Waals surface area contributed by atoms with Crippen molar-refractivity contribution in [2.75, 3.05) is 57.2 Å². The van der Waals surface area contributed by atoms with E-state index in [-0.39, 0.29) is 18.4 Å². The second kappa shape index (κ2) is 11.6. The zero-order valence-electron chi connectivity index (χ0n) is 20.2. The van der Waals surface area contributed by atoms with Crippen LogP contribution in [0, 0.1) is 5.82 Å². The number of methoxy groups -OCH3 is 2. The molecule has 1 aliphatic heterocycles. The number of nitrogens with one attached hydrogen (secondary N) is 2. The van der Waals surface area contributed by atoms with Gasteiger partial charge in [0.15, 0.2) is 0 Å². The van der Waals surface area contributed by atoms with E-state index < -0.39 is 11.8 Å². The van der Waals surface area contributed by atoms with Crippen LogP contribution in [-0.4, -0.2) is 63.7 Å². The minimum absolute atomic E-state index is 0.191. The van der Waals surface area contributed by atoms with Crippen molar-refractivity contribution >= 4 is 23.2 Å². The number of benzene rings is 2. The fourth-order valence-corrected chi connectivity index (χ4v) is 4.18. The number of carbonyl (C=O) groups is 2. The first-order chi connectivity index (χ1) is 17.5. The summed E-state index contributed by atoms with van der Waals surface area (Å²) in [6.45, 7) is 3.06. The number of piperazine rings is 1. The molecule has 0 bridgehead atoms. The summed E-state index contributed by atoms with van der Waals surface area (Å²) < 4.78 is 29.3. The highest BCUT2D eigenvalue weighted by Gasteiger charge is 2.28. The molecule has 10 heteroatoms. The number of nitrogens with zero attached hydrogens (tertiary/aromatic N) is 2. The van der Waals surface area contributed by atoms with Crippen molar-refractivity contribution in [1.82, 2.24) is 10.2 Å². The molecule has 2 amide bonds. The van der Waals surface area contributed by atoms with Crippen LogP contribution >= 0.6 is 0 Å². The lowest BCUT2D eigenvalue weighted by atomic mass is 10.1. The maximum Gasteiger partial charge on any atom is 0.313 e. The van der Waals surface area contributed by atoms with Crippen molar-refractivity contribution in [3.05, 3.63) is 72.4 Å². The number of amides is 2. The van der Waals surface area contributed by atoms with Crippen LogP contribution in [0.1, 0.15) is 11.8 Å². The highest BCUT2D eigenvalue weighted by molar-refractivity contribution is 6.39. The number of furan rings is 1. The van der Waals surface area contributed by atoms with Crippen molar-refractivity contribution in [3.63, 3.8) is 0 Å². The molecule has 9 nitrogen and oxygen atoms in total. The van der Waals surface area contributed by atoms with E-state index in [1.807, 2.05) is 6.07 Å². The molecule has 1 aliphatic rings. The van der Waals surface area contributed by atoms with Crippen LogP contribution in [0.4, 0.5) is 15.8 Å². The van der Waals surface area contributed by atoms with E-state index in [0.29, 0.717) is 36.0 Å². The summed E-state index contributed by atoms with van der Waals surface area (Å²) in [7, 11) is 2.99. The SMILES string of the molecule is COc1ccc(NC(=O)C(=O)NCC(c2ccco2)N2CCN(c3ccc(F)cc3)CC2)c(OC)c1. The number of hydrogen-bond donors (Lipinski definition) is 2. The van der Waals surface area contributed by atoms with E-state index in [2.05, 4.69) is 20.4 Å². The Hall–Kier alpha value is -4.05. The third kappa shape index (κ3) is 5.95. The highest BCUT2D eigenvalue weighted by atomic mass is 19.1. The lowest BCUT2D eigenvalue weighted by Gasteiger charge is -2.39. The molecular formula is C26H29FN4O5. The molecule has 0 saturated carbocycles. The van der Waals surface area contributed by atoms with Crippen LogP contribution < -0.4 is 25.0 Å². The smallest absolute Gasteiger partial charge is 0.313 e. The molecule has 36 heavy (non-hydrogen) atoms. The molecule has 0 aliphatic carbocycles. The maximum absolute atomic E-state index is 13.3. The third-order valence-electron chi connectivity index (χ3n) is 6.14. The Labute approximate surface area is 208 Å². The summed E-state index contributed by atoms with van der Waals surface area (Å²) in [6, 6.07) is 14.7. The van der Waals surface area contributed by atoms with E-state index in [1.54, 1.807) is 42.7 Å². The van der Waals surface area contributed by atoms with Crippen LogP contribution in [0.25, 0.3) is 0 Å².